The van der Waals surface area contributed by atoms with E-state index in [1.165, 1.54) is 12.1 Å². The largest absolute Gasteiger partial charge is 0.342 e. The lowest BCUT2D eigenvalue weighted by molar-refractivity contribution is -0.128. The van der Waals surface area contributed by atoms with Crippen molar-refractivity contribution < 1.29 is 14.0 Å². The molecular formula is C19H17Cl2FN2O2. The van der Waals surface area contributed by atoms with E-state index in [0.717, 1.165) is 5.56 Å². The predicted molar refractivity (Wildman–Crippen MR) is 99.9 cm³/mol. The second-order valence-corrected chi connectivity index (χ2v) is 7.05. The summed E-state index contributed by atoms with van der Waals surface area (Å²) in [4.78, 5) is 26.2. The number of nitrogens with one attached hydrogen (secondary N) is 1. The van der Waals surface area contributed by atoms with Gasteiger partial charge in [-0.05, 0) is 42.3 Å². The Morgan fingerprint density at radius 2 is 1.88 bits per heavy atom. The van der Waals surface area contributed by atoms with Gasteiger partial charge in [0.05, 0.1) is 16.0 Å². The predicted octanol–water partition coefficient (Wildman–Crippen LogP) is 4.16. The Bertz CT molecular complexity index is 827. The molecule has 2 amide bonds. The topological polar surface area (TPSA) is 49.4 Å². The minimum Gasteiger partial charge on any atom is -0.342 e. The third-order valence-corrected chi connectivity index (χ3v) is 5.10. The molecule has 136 valence electrons. The molecular weight excluding hydrogens is 378 g/mol. The number of carbonyl (C=O) groups is 2. The zero-order chi connectivity index (χ0) is 18.7. The lowest BCUT2D eigenvalue weighted by atomic mass is 10.1. The van der Waals surface area contributed by atoms with E-state index >= 15 is 0 Å². The van der Waals surface area contributed by atoms with Crippen LogP contribution in [0.15, 0.2) is 42.5 Å². The van der Waals surface area contributed by atoms with E-state index < -0.39 is 5.92 Å². The number of anilines is 1. The molecule has 2 aromatic carbocycles. The first-order valence-corrected chi connectivity index (χ1v) is 8.96. The molecule has 0 saturated carbocycles. The highest BCUT2D eigenvalue weighted by Gasteiger charge is 2.34. The van der Waals surface area contributed by atoms with Crippen LogP contribution in [0.1, 0.15) is 12.0 Å². The fraction of sp³-hybridized carbons (Fsp3) is 0.263. The maximum Gasteiger partial charge on any atom is 0.229 e. The van der Waals surface area contributed by atoms with Gasteiger partial charge in [0.15, 0.2) is 0 Å². The van der Waals surface area contributed by atoms with Crippen LogP contribution in [0.25, 0.3) is 0 Å². The molecule has 1 heterocycles. The second kappa shape index (κ2) is 8.06. The first kappa shape index (κ1) is 18.7. The lowest BCUT2D eigenvalue weighted by Gasteiger charge is -2.16. The van der Waals surface area contributed by atoms with Crippen molar-refractivity contribution in [2.45, 2.75) is 12.8 Å². The summed E-state index contributed by atoms with van der Waals surface area (Å²) < 4.78 is 12.9. The van der Waals surface area contributed by atoms with Crippen LogP contribution in [0.4, 0.5) is 10.1 Å². The monoisotopic (exact) mass is 394 g/mol. The van der Waals surface area contributed by atoms with Crippen LogP contribution in [0.5, 0.6) is 0 Å². The number of rotatable bonds is 5. The molecule has 0 radical (unpaired) electrons. The molecule has 0 aliphatic carbocycles. The van der Waals surface area contributed by atoms with Gasteiger partial charge in [-0.15, -0.1) is 0 Å². The second-order valence-electron chi connectivity index (χ2n) is 6.24. The van der Waals surface area contributed by atoms with Gasteiger partial charge >= 0.3 is 0 Å². The number of hydrogen-bond acceptors (Lipinski definition) is 2. The van der Waals surface area contributed by atoms with Gasteiger partial charge in [0.25, 0.3) is 0 Å². The summed E-state index contributed by atoms with van der Waals surface area (Å²) in [6, 6.07) is 11.0. The van der Waals surface area contributed by atoms with E-state index in [-0.39, 0.29) is 24.1 Å². The van der Waals surface area contributed by atoms with Gasteiger partial charge in [0.2, 0.25) is 11.8 Å². The van der Waals surface area contributed by atoms with Crippen LogP contribution < -0.4 is 5.32 Å². The highest BCUT2D eigenvalue weighted by atomic mass is 35.5. The molecule has 1 N–H and O–H groups in total. The molecule has 0 aromatic heterocycles. The minimum absolute atomic E-state index is 0.0543. The first-order chi connectivity index (χ1) is 12.4. The summed E-state index contributed by atoms with van der Waals surface area (Å²) in [6.45, 7) is 0.869. The minimum atomic E-state index is -0.412. The quantitative estimate of drug-likeness (QED) is 0.827. The Morgan fingerprint density at radius 1 is 1.15 bits per heavy atom. The zero-order valence-corrected chi connectivity index (χ0v) is 15.4. The van der Waals surface area contributed by atoms with Crippen molar-refractivity contribution >= 4 is 40.7 Å². The van der Waals surface area contributed by atoms with Crippen molar-refractivity contribution in [1.29, 1.82) is 0 Å². The summed E-state index contributed by atoms with van der Waals surface area (Å²) in [5.41, 5.74) is 1.49. The van der Waals surface area contributed by atoms with Crippen LogP contribution in [0, 0.1) is 11.7 Å². The van der Waals surface area contributed by atoms with E-state index in [1.54, 1.807) is 35.2 Å². The van der Waals surface area contributed by atoms with E-state index in [9.17, 15) is 14.0 Å². The summed E-state index contributed by atoms with van der Waals surface area (Å²) in [5, 5.41) is 3.53. The van der Waals surface area contributed by atoms with Crippen LogP contribution in [-0.2, 0) is 16.0 Å². The van der Waals surface area contributed by atoms with Gasteiger partial charge in [-0.2, -0.15) is 0 Å². The normalized spacial score (nSPS) is 16.8. The summed E-state index contributed by atoms with van der Waals surface area (Å²) in [7, 11) is 0. The van der Waals surface area contributed by atoms with Crippen LogP contribution in [0.2, 0.25) is 10.0 Å². The molecule has 1 saturated heterocycles. The molecule has 1 aliphatic heterocycles. The van der Waals surface area contributed by atoms with Gasteiger partial charge in [-0.25, -0.2) is 4.39 Å². The molecule has 0 spiro atoms. The molecule has 1 fully saturated rings. The Balaban J connectivity index is 1.55. The van der Waals surface area contributed by atoms with Crippen molar-refractivity contribution in [3.8, 4) is 0 Å². The van der Waals surface area contributed by atoms with E-state index in [4.69, 9.17) is 23.2 Å². The molecule has 2 aromatic rings. The van der Waals surface area contributed by atoms with Crippen LogP contribution in [-0.4, -0.2) is 29.8 Å². The third-order valence-electron chi connectivity index (χ3n) is 4.36. The molecule has 4 nitrogen and oxygen atoms in total. The lowest BCUT2D eigenvalue weighted by Crippen LogP contribution is -2.30. The number of nitrogens with zero attached hydrogens (tertiary/aromatic N) is 1. The van der Waals surface area contributed by atoms with Crippen molar-refractivity contribution in [3.63, 3.8) is 0 Å². The van der Waals surface area contributed by atoms with Crippen molar-refractivity contribution in [2.24, 2.45) is 5.92 Å². The average Bonchev–Trinajstić information content (AvgIpc) is 2.99. The zero-order valence-electron chi connectivity index (χ0n) is 13.8. The number of amides is 2. The Hall–Kier alpha value is -2.11. The Labute approximate surface area is 160 Å². The number of halogens is 3. The maximum atomic E-state index is 12.9. The fourth-order valence-corrected chi connectivity index (χ4v) is 3.20. The van der Waals surface area contributed by atoms with Crippen molar-refractivity contribution in [3.05, 3.63) is 63.9 Å². The van der Waals surface area contributed by atoms with E-state index in [1.807, 2.05) is 0 Å². The van der Waals surface area contributed by atoms with Crippen LogP contribution >= 0.6 is 23.2 Å². The average molecular weight is 395 g/mol. The number of carbonyl (C=O) groups excluding carboxylic acids is 2. The van der Waals surface area contributed by atoms with E-state index in [0.29, 0.717) is 35.2 Å². The fourth-order valence-electron chi connectivity index (χ4n) is 2.90. The van der Waals surface area contributed by atoms with E-state index in [2.05, 4.69) is 5.32 Å². The number of benzene rings is 2. The van der Waals surface area contributed by atoms with Gasteiger partial charge in [0.1, 0.15) is 5.82 Å². The van der Waals surface area contributed by atoms with Gasteiger partial charge < -0.3 is 10.2 Å². The Kier molecular flexibility index (Phi) is 5.79. The standard InChI is InChI=1S/C19H17Cl2FN2O2/c20-16-6-5-15(10-17(16)21)23-19(26)13-9-18(25)24(11-13)8-7-12-1-3-14(22)4-2-12/h1-6,10,13H,7-9,11H2,(H,23,26)/t13-/m1/s1. The molecule has 3 rings (SSSR count). The summed E-state index contributed by atoms with van der Waals surface area (Å²) in [5.74, 6) is -0.974. The molecule has 1 aliphatic rings. The van der Waals surface area contributed by atoms with Crippen LogP contribution in [0.3, 0.4) is 0 Å². The van der Waals surface area contributed by atoms with Gasteiger partial charge in [-0.3, -0.25) is 9.59 Å². The SMILES string of the molecule is O=C(Nc1ccc(Cl)c(Cl)c1)[C@@H]1CC(=O)N(CCc2ccc(F)cc2)C1. The number of likely N-dealkylation sites (tertiary alicyclic amines) is 1. The highest BCUT2D eigenvalue weighted by Crippen LogP contribution is 2.26. The molecule has 7 heteroatoms. The molecule has 0 bridgehead atoms. The molecule has 1 atom stereocenters. The van der Waals surface area contributed by atoms with Crippen molar-refractivity contribution in [2.75, 3.05) is 18.4 Å². The highest BCUT2D eigenvalue weighted by molar-refractivity contribution is 6.42. The third kappa shape index (κ3) is 4.54. The summed E-state index contributed by atoms with van der Waals surface area (Å²) >= 11 is 11.8. The summed E-state index contributed by atoms with van der Waals surface area (Å²) in [6.07, 6.45) is 0.795. The van der Waals surface area contributed by atoms with Crippen molar-refractivity contribution in [1.82, 2.24) is 4.90 Å². The smallest absolute Gasteiger partial charge is 0.229 e. The molecule has 26 heavy (non-hydrogen) atoms. The van der Waals surface area contributed by atoms with Gasteiger partial charge in [-0.1, -0.05) is 35.3 Å². The first-order valence-electron chi connectivity index (χ1n) is 8.20. The number of hydrogen-bond donors (Lipinski definition) is 1. The Morgan fingerprint density at radius 3 is 2.58 bits per heavy atom. The van der Waals surface area contributed by atoms with Gasteiger partial charge in [0, 0.05) is 25.2 Å². The maximum absolute atomic E-state index is 12.9. The molecule has 0 unspecified atom stereocenters.